The predicted octanol–water partition coefficient (Wildman–Crippen LogP) is -0.664. The van der Waals surface area contributed by atoms with E-state index < -0.39 is 16.2 Å². The van der Waals surface area contributed by atoms with Crippen LogP contribution in [0.5, 0.6) is 0 Å². The summed E-state index contributed by atoms with van der Waals surface area (Å²) in [5.74, 6) is -0.548. The predicted molar refractivity (Wildman–Crippen MR) is 51.9 cm³/mol. The van der Waals surface area contributed by atoms with Crippen molar-refractivity contribution in [3.63, 3.8) is 0 Å². The molecule has 0 unspecified atom stereocenters. The van der Waals surface area contributed by atoms with E-state index in [0.29, 0.717) is 0 Å². The minimum Gasteiger partial charge on any atom is -0.465 e. The van der Waals surface area contributed by atoms with Crippen LogP contribution in [0.15, 0.2) is 0 Å². The van der Waals surface area contributed by atoms with E-state index in [1.54, 1.807) is 13.8 Å². The molecular weight excluding hydrogens is 208 g/mol. The highest BCUT2D eigenvalue weighted by Gasteiger charge is 2.21. The highest BCUT2D eigenvalue weighted by Crippen LogP contribution is 1.97. The van der Waals surface area contributed by atoms with Gasteiger partial charge in [0.25, 0.3) is 10.2 Å². The maximum Gasteiger partial charge on any atom is 0.321 e. The fraction of sp³-hybridized carbons (Fsp3) is 0.857. The number of carbonyl (C=O) groups excluding carboxylic acids is 1. The highest BCUT2D eigenvalue weighted by molar-refractivity contribution is 7.87. The first-order valence-electron chi connectivity index (χ1n) is 4.32. The van der Waals surface area contributed by atoms with E-state index in [4.69, 9.17) is 0 Å². The van der Waals surface area contributed by atoms with Crippen molar-refractivity contribution >= 4 is 16.2 Å². The fourth-order valence-electron chi connectivity index (χ4n) is 0.846. The Morgan fingerprint density at radius 2 is 2.00 bits per heavy atom. The molecule has 0 aliphatic rings. The van der Waals surface area contributed by atoms with Gasteiger partial charge in [-0.1, -0.05) is 6.92 Å². The number of ether oxygens (including phenoxy) is 1. The van der Waals surface area contributed by atoms with Gasteiger partial charge in [0, 0.05) is 13.6 Å². The number of carbonyl (C=O) groups is 1. The number of likely N-dealkylation sites (N-methyl/N-ethyl adjacent to an activating group) is 1. The van der Waals surface area contributed by atoms with Crippen LogP contribution < -0.4 is 4.72 Å². The van der Waals surface area contributed by atoms with Crippen molar-refractivity contribution in [1.29, 1.82) is 0 Å². The summed E-state index contributed by atoms with van der Waals surface area (Å²) < 4.78 is 30.3. The van der Waals surface area contributed by atoms with Gasteiger partial charge in [0.15, 0.2) is 0 Å². The summed E-state index contributed by atoms with van der Waals surface area (Å²) >= 11 is 0. The molecule has 0 radical (unpaired) electrons. The molecule has 84 valence electrons. The molecule has 7 heteroatoms. The molecule has 6 nitrogen and oxygen atoms in total. The largest absolute Gasteiger partial charge is 0.465 e. The van der Waals surface area contributed by atoms with Crippen LogP contribution in [-0.4, -0.2) is 45.4 Å². The lowest BCUT2D eigenvalue weighted by atomic mass is 10.6. The van der Waals surface area contributed by atoms with Gasteiger partial charge in [-0.3, -0.25) is 4.79 Å². The van der Waals surface area contributed by atoms with E-state index in [1.807, 2.05) is 0 Å². The molecule has 0 aromatic heterocycles. The van der Waals surface area contributed by atoms with E-state index in [9.17, 15) is 13.2 Å². The molecule has 14 heavy (non-hydrogen) atoms. The number of hydrogen-bond donors (Lipinski definition) is 1. The Morgan fingerprint density at radius 3 is 2.36 bits per heavy atom. The van der Waals surface area contributed by atoms with Gasteiger partial charge >= 0.3 is 5.97 Å². The smallest absolute Gasteiger partial charge is 0.321 e. The molecule has 0 saturated carbocycles. The average molecular weight is 224 g/mol. The molecule has 0 aliphatic carbocycles. The monoisotopic (exact) mass is 224 g/mol. The zero-order valence-electron chi connectivity index (χ0n) is 8.61. The first-order chi connectivity index (χ1) is 6.47. The first kappa shape index (κ1) is 13.3. The van der Waals surface area contributed by atoms with Crippen molar-refractivity contribution in [2.24, 2.45) is 0 Å². The van der Waals surface area contributed by atoms with Crippen LogP contribution in [0.4, 0.5) is 0 Å². The van der Waals surface area contributed by atoms with Gasteiger partial charge in [-0.25, -0.2) is 4.72 Å². The summed E-state index contributed by atoms with van der Waals surface area (Å²) in [4.78, 5) is 11.0. The summed E-state index contributed by atoms with van der Waals surface area (Å²) in [5, 5.41) is 0. The number of rotatable bonds is 6. The average Bonchev–Trinajstić information content (AvgIpc) is 2.14. The summed E-state index contributed by atoms with van der Waals surface area (Å²) in [6.07, 6.45) is 0. The summed E-state index contributed by atoms with van der Waals surface area (Å²) in [6.45, 7) is 3.53. The van der Waals surface area contributed by atoms with Crippen LogP contribution in [0.25, 0.3) is 0 Å². The summed E-state index contributed by atoms with van der Waals surface area (Å²) in [5.41, 5.74) is 0. The Morgan fingerprint density at radius 1 is 1.43 bits per heavy atom. The van der Waals surface area contributed by atoms with Crippen molar-refractivity contribution in [3.05, 3.63) is 0 Å². The van der Waals surface area contributed by atoms with E-state index in [0.717, 1.165) is 4.31 Å². The zero-order chi connectivity index (χ0) is 11.2. The van der Waals surface area contributed by atoms with Crippen LogP contribution in [-0.2, 0) is 19.7 Å². The molecule has 0 fully saturated rings. The molecule has 0 spiro atoms. The Bertz CT molecular complexity index is 275. The Labute approximate surface area is 84.4 Å². The van der Waals surface area contributed by atoms with E-state index in [-0.39, 0.29) is 19.7 Å². The fourth-order valence-corrected chi connectivity index (χ4v) is 1.72. The van der Waals surface area contributed by atoms with Crippen molar-refractivity contribution < 1.29 is 17.9 Å². The lowest BCUT2D eigenvalue weighted by Gasteiger charge is -2.18. The van der Waals surface area contributed by atoms with Gasteiger partial charge in [0.2, 0.25) is 0 Å². The second-order valence-corrected chi connectivity index (χ2v) is 4.32. The molecule has 0 bridgehead atoms. The third kappa shape index (κ3) is 4.03. The van der Waals surface area contributed by atoms with Gasteiger partial charge in [0.1, 0.15) is 6.54 Å². The number of hydrogen-bond acceptors (Lipinski definition) is 4. The maximum atomic E-state index is 11.3. The minimum absolute atomic E-state index is 0.224. The Balaban J connectivity index is 4.38. The molecule has 1 N–H and O–H groups in total. The van der Waals surface area contributed by atoms with Crippen LogP contribution in [0.1, 0.15) is 13.8 Å². The second kappa shape index (κ2) is 5.94. The van der Waals surface area contributed by atoms with Gasteiger partial charge < -0.3 is 4.74 Å². The molecule has 0 heterocycles. The minimum atomic E-state index is -3.54. The van der Waals surface area contributed by atoms with Crippen molar-refractivity contribution in [2.45, 2.75) is 13.8 Å². The molecule has 0 rings (SSSR count). The molecule has 0 aromatic rings. The topological polar surface area (TPSA) is 75.7 Å². The molecular formula is C7H16N2O4S. The molecule has 0 aliphatic heterocycles. The number of esters is 1. The Hall–Kier alpha value is -0.660. The normalized spacial score (nSPS) is 11.7. The molecule has 0 atom stereocenters. The van der Waals surface area contributed by atoms with Crippen LogP contribution in [0.2, 0.25) is 0 Å². The zero-order valence-corrected chi connectivity index (χ0v) is 9.43. The van der Waals surface area contributed by atoms with Gasteiger partial charge in [-0.2, -0.15) is 12.7 Å². The lowest BCUT2D eigenvalue weighted by molar-refractivity contribution is -0.143. The number of nitrogens with one attached hydrogen (secondary N) is 1. The van der Waals surface area contributed by atoms with E-state index in [1.165, 1.54) is 7.05 Å². The van der Waals surface area contributed by atoms with Crippen molar-refractivity contribution in [3.8, 4) is 0 Å². The van der Waals surface area contributed by atoms with Crippen LogP contribution >= 0.6 is 0 Å². The second-order valence-electron chi connectivity index (χ2n) is 2.44. The third-order valence-electron chi connectivity index (χ3n) is 1.56. The van der Waals surface area contributed by atoms with E-state index >= 15 is 0 Å². The molecule has 0 aromatic carbocycles. The third-order valence-corrected chi connectivity index (χ3v) is 3.14. The highest BCUT2D eigenvalue weighted by atomic mass is 32.2. The summed E-state index contributed by atoms with van der Waals surface area (Å²) in [7, 11) is -2.25. The van der Waals surface area contributed by atoms with Gasteiger partial charge in [0.05, 0.1) is 6.61 Å². The SMILES string of the molecule is CCOC(=O)CN(CC)S(=O)(=O)NC. The maximum absolute atomic E-state index is 11.3. The van der Waals surface area contributed by atoms with Gasteiger partial charge in [-0.15, -0.1) is 0 Å². The van der Waals surface area contributed by atoms with Crippen LogP contribution in [0, 0.1) is 0 Å². The van der Waals surface area contributed by atoms with Crippen LogP contribution in [0.3, 0.4) is 0 Å². The number of nitrogens with zero attached hydrogens (tertiary/aromatic N) is 1. The standard InChI is InChI=1S/C7H16N2O4S/c1-4-9(14(11,12)8-3)6-7(10)13-5-2/h8H,4-6H2,1-3H3. The van der Waals surface area contributed by atoms with E-state index in [2.05, 4.69) is 9.46 Å². The Kier molecular flexibility index (Phi) is 5.66. The van der Waals surface area contributed by atoms with Crippen molar-refractivity contribution in [2.75, 3.05) is 26.7 Å². The molecule has 0 amide bonds. The lowest BCUT2D eigenvalue weighted by Crippen LogP contribution is -2.42. The van der Waals surface area contributed by atoms with Gasteiger partial charge in [-0.05, 0) is 6.92 Å². The first-order valence-corrected chi connectivity index (χ1v) is 5.76. The molecule has 0 saturated heterocycles. The summed E-state index contributed by atoms with van der Waals surface area (Å²) in [6, 6.07) is 0. The quantitative estimate of drug-likeness (QED) is 0.607. The van der Waals surface area contributed by atoms with Crippen molar-refractivity contribution in [1.82, 2.24) is 9.03 Å².